The van der Waals surface area contributed by atoms with E-state index in [1.54, 1.807) is 23.5 Å². The summed E-state index contributed by atoms with van der Waals surface area (Å²) in [4.78, 5) is 36.9. The molecule has 0 spiro atoms. The van der Waals surface area contributed by atoms with Crippen LogP contribution in [0.4, 0.5) is 5.69 Å². The maximum atomic E-state index is 12.4. The van der Waals surface area contributed by atoms with E-state index in [1.165, 1.54) is 17.8 Å². The molecule has 3 heterocycles. The number of Topliss-reactive ketones (excluding diaryl/α,β-unsaturated/α-hetero) is 1. The highest BCUT2D eigenvalue weighted by Crippen LogP contribution is 2.29. The largest absolute Gasteiger partial charge is 0.482 e. The Hall–Kier alpha value is -3.18. The summed E-state index contributed by atoms with van der Waals surface area (Å²) in [5.74, 6) is 0.0550. The van der Waals surface area contributed by atoms with Gasteiger partial charge < -0.3 is 19.4 Å². The van der Waals surface area contributed by atoms with Gasteiger partial charge in [-0.05, 0) is 36.6 Å². The Labute approximate surface area is 185 Å². The highest BCUT2D eigenvalue weighted by atomic mass is 32.2. The lowest BCUT2D eigenvalue weighted by Gasteiger charge is -2.18. The van der Waals surface area contributed by atoms with Crippen molar-refractivity contribution in [3.63, 3.8) is 0 Å². The Morgan fingerprint density at radius 1 is 1.32 bits per heavy atom. The highest BCUT2D eigenvalue weighted by Gasteiger charge is 2.19. The number of fused-ring (bicyclic) bond motifs is 1. The minimum absolute atomic E-state index is 0.00391. The summed E-state index contributed by atoms with van der Waals surface area (Å²) in [7, 11) is 0. The molecule has 0 saturated heterocycles. The maximum Gasteiger partial charge on any atom is 0.316 e. The van der Waals surface area contributed by atoms with Gasteiger partial charge in [0.2, 0.25) is 0 Å². The minimum atomic E-state index is -0.531. The number of hydrogen-bond acceptors (Lipinski definition) is 9. The van der Waals surface area contributed by atoms with Crippen molar-refractivity contribution >= 4 is 46.4 Å². The van der Waals surface area contributed by atoms with Gasteiger partial charge in [-0.1, -0.05) is 17.8 Å². The minimum Gasteiger partial charge on any atom is -0.482 e. The number of nitrogens with zero attached hydrogens (tertiary/aromatic N) is 3. The van der Waals surface area contributed by atoms with E-state index in [1.807, 2.05) is 29.0 Å². The average molecular weight is 459 g/mol. The first-order valence-electron chi connectivity index (χ1n) is 9.40. The number of benzene rings is 1. The van der Waals surface area contributed by atoms with Crippen LogP contribution in [0.25, 0.3) is 10.7 Å². The molecule has 160 valence electrons. The first kappa shape index (κ1) is 21.1. The highest BCUT2D eigenvalue weighted by molar-refractivity contribution is 7.99. The van der Waals surface area contributed by atoms with Crippen LogP contribution in [0.1, 0.15) is 17.3 Å². The van der Waals surface area contributed by atoms with E-state index < -0.39 is 12.6 Å². The molecular formula is C20H18N4O5S2. The van der Waals surface area contributed by atoms with E-state index in [-0.39, 0.29) is 24.1 Å². The van der Waals surface area contributed by atoms with Gasteiger partial charge in [0.25, 0.3) is 5.91 Å². The summed E-state index contributed by atoms with van der Waals surface area (Å²) in [6.07, 6.45) is 0. The maximum absolute atomic E-state index is 12.4. The Kier molecular flexibility index (Phi) is 6.33. The fourth-order valence-corrected chi connectivity index (χ4v) is 4.44. The first-order valence-corrected chi connectivity index (χ1v) is 11.3. The number of anilines is 1. The zero-order valence-corrected chi connectivity index (χ0v) is 18.1. The van der Waals surface area contributed by atoms with Gasteiger partial charge in [-0.25, -0.2) is 0 Å². The van der Waals surface area contributed by atoms with Crippen molar-refractivity contribution in [3.8, 4) is 16.5 Å². The van der Waals surface area contributed by atoms with Gasteiger partial charge in [0.1, 0.15) is 5.75 Å². The number of rotatable bonds is 8. The van der Waals surface area contributed by atoms with Crippen LogP contribution < -0.4 is 10.1 Å². The number of ether oxygens (including phenoxy) is 2. The fourth-order valence-electron chi connectivity index (χ4n) is 2.92. The molecule has 0 saturated carbocycles. The summed E-state index contributed by atoms with van der Waals surface area (Å²) in [6.45, 7) is 2.19. The fraction of sp³-hybridized carbons (Fsp3) is 0.250. The Bertz CT molecular complexity index is 1130. The van der Waals surface area contributed by atoms with Crippen molar-refractivity contribution in [2.24, 2.45) is 0 Å². The van der Waals surface area contributed by atoms with Crippen molar-refractivity contribution in [2.75, 3.05) is 24.3 Å². The lowest BCUT2D eigenvalue weighted by atomic mass is 10.1. The predicted octanol–water partition coefficient (Wildman–Crippen LogP) is 2.88. The van der Waals surface area contributed by atoms with Crippen molar-refractivity contribution in [1.82, 2.24) is 14.8 Å². The SMILES string of the molecule is CCn1c(SCC(=O)OCC(=O)c2ccc3c(c2)NC(=O)CO3)nnc1-c1cccs1. The number of thiophene rings is 1. The van der Waals surface area contributed by atoms with Gasteiger partial charge in [0.15, 0.2) is 30.0 Å². The average Bonchev–Trinajstić information content (AvgIpc) is 3.44. The van der Waals surface area contributed by atoms with Gasteiger partial charge in [0.05, 0.1) is 16.3 Å². The van der Waals surface area contributed by atoms with Gasteiger partial charge >= 0.3 is 5.97 Å². The summed E-state index contributed by atoms with van der Waals surface area (Å²) in [5, 5.41) is 13.6. The van der Waals surface area contributed by atoms with E-state index in [0.29, 0.717) is 28.7 Å². The van der Waals surface area contributed by atoms with E-state index in [4.69, 9.17) is 9.47 Å². The van der Waals surface area contributed by atoms with E-state index in [2.05, 4.69) is 15.5 Å². The van der Waals surface area contributed by atoms with Crippen LogP contribution in [-0.2, 0) is 20.9 Å². The van der Waals surface area contributed by atoms with Crippen LogP contribution in [0, 0.1) is 0 Å². The van der Waals surface area contributed by atoms with E-state index >= 15 is 0 Å². The first-order chi connectivity index (χ1) is 15.0. The van der Waals surface area contributed by atoms with Gasteiger partial charge in [-0.15, -0.1) is 21.5 Å². The van der Waals surface area contributed by atoms with Crippen LogP contribution in [0.2, 0.25) is 0 Å². The monoisotopic (exact) mass is 458 g/mol. The normalized spacial score (nSPS) is 12.6. The van der Waals surface area contributed by atoms with Crippen LogP contribution in [0.15, 0.2) is 40.9 Å². The smallest absolute Gasteiger partial charge is 0.316 e. The lowest BCUT2D eigenvalue weighted by Crippen LogP contribution is -2.25. The van der Waals surface area contributed by atoms with Crippen molar-refractivity contribution in [2.45, 2.75) is 18.6 Å². The summed E-state index contributed by atoms with van der Waals surface area (Å²) in [5.41, 5.74) is 0.737. The number of amides is 1. The number of carbonyl (C=O) groups excluding carboxylic acids is 3. The number of nitrogens with one attached hydrogen (secondary N) is 1. The predicted molar refractivity (Wildman–Crippen MR) is 116 cm³/mol. The molecule has 1 aliphatic rings. The molecular weight excluding hydrogens is 440 g/mol. The van der Waals surface area contributed by atoms with Crippen molar-refractivity contribution in [1.29, 1.82) is 0 Å². The van der Waals surface area contributed by atoms with Crippen molar-refractivity contribution < 1.29 is 23.9 Å². The number of thioether (sulfide) groups is 1. The molecule has 0 fully saturated rings. The summed E-state index contributed by atoms with van der Waals surface area (Å²) >= 11 is 2.78. The second-order valence-electron chi connectivity index (χ2n) is 6.45. The third-order valence-corrected chi connectivity index (χ3v) is 6.20. The van der Waals surface area contributed by atoms with Crippen LogP contribution in [0.3, 0.4) is 0 Å². The quantitative estimate of drug-likeness (QED) is 0.312. The molecule has 0 bridgehead atoms. The van der Waals surface area contributed by atoms with Gasteiger partial charge in [0, 0.05) is 12.1 Å². The molecule has 0 atom stereocenters. The molecule has 11 heteroatoms. The zero-order valence-electron chi connectivity index (χ0n) is 16.5. The Morgan fingerprint density at radius 3 is 2.97 bits per heavy atom. The number of ketones is 1. The van der Waals surface area contributed by atoms with Crippen LogP contribution in [0.5, 0.6) is 5.75 Å². The molecule has 3 aromatic rings. The molecule has 0 unspecified atom stereocenters. The molecule has 1 amide bonds. The Morgan fingerprint density at radius 2 is 2.19 bits per heavy atom. The zero-order chi connectivity index (χ0) is 21.8. The molecule has 2 aromatic heterocycles. The number of hydrogen-bond donors (Lipinski definition) is 1. The standard InChI is InChI=1S/C20H18N4O5S2/c1-2-24-19(16-4-3-7-30-16)22-23-20(24)31-11-18(27)29-9-14(25)12-5-6-15-13(8-12)21-17(26)10-28-15/h3-8H,2,9-11H2,1H3,(H,21,26). The van der Waals surface area contributed by atoms with E-state index in [0.717, 1.165) is 10.7 Å². The third kappa shape index (κ3) is 4.78. The molecule has 9 nitrogen and oxygen atoms in total. The number of carbonyl (C=O) groups is 3. The second-order valence-corrected chi connectivity index (χ2v) is 8.34. The summed E-state index contributed by atoms with van der Waals surface area (Å²) in [6, 6.07) is 8.58. The number of esters is 1. The van der Waals surface area contributed by atoms with Crippen LogP contribution >= 0.6 is 23.1 Å². The summed E-state index contributed by atoms with van der Waals surface area (Å²) < 4.78 is 12.3. The topological polar surface area (TPSA) is 112 Å². The Balaban J connectivity index is 1.31. The van der Waals surface area contributed by atoms with Gasteiger partial charge in [-0.2, -0.15) is 0 Å². The third-order valence-electron chi connectivity index (χ3n) is 4.39. The van der Waals surface area contributed by atoms with Crippen molar-refractivity contribution in [3.05, 3.63) is 41.3 Å². The lowest BCUT2D eigenvalue weighted by molar-refractivity contribution is -0.139. The molecule has 31 heavy (non-hydrogen) atoms. The molecule has 1 N–H and O–H groups in total. The van der Waals surface area contributed by atoms with E-state index in [9.17, 15) is 14.4 Å². The molecule has 1 aromatic carbocycles. The van der Waals surface area contributed by atoms with Gasteiger partial charge in [-0.3, -0.25) is 14.4 Å². The molecule has 4 rings (SSSR count). The second kappa shape index (κ2) is 9.31. The molecule has 0 aliphatic carbocycles. The molecule has 1 aliphatic heterocycles. The van der Waals surface area contributed by atoms with Crippen LogP contribution in [-0.4, -0.2) is 51.4 Å². The number of aromatic nitrogens is 3. The molecule has 0 radical (unpaired) electrons.